The largest absolute Gasteiger partial charge is 0.366 e. The molecule has 0 spiro atoms. The van der Waals surface area contributed by atoms with Crippen LogP contribution < -0.4 is 10.2 Å². The fraction of sp³-hybridized carbons (Fsp3) is 0.292. The number of rotatable bonds is 5. The molecule has 1 saturated heterocycles. The molecule has 0 aromatic heterocycles. The van der Waals surface area contributed by atoms with Gasteiger partial charge in [0, 0.05) is 32.2 Å². The van der Waals surface area contributed by atoms with E-state index in [1.807, 2.05) is 28.0 Å². The first-order chi connectivity index (χ1) is 14.1. The van der Waals surface area contributed by atoms with Gasteiger partial charge >= 0.3 is 0 Å². The number of amides is 1. The molecule has 29 heavy (non-hydrogen) atoms. The minimum absolute atomic E-state index is 0.0738. The van der Waals surface area contributed by atoms with Crippen LogP contribution in [0.5, 0.6) is 0 Å². The molecule has 0 unspecified atom stereocenters. The second kappa shape index (κ2) is 8.62. The van der Waals surface area contributed by atoms with Crippen LogP contribution in [0.25, 0.3) is 10.8 Å². The number of anilines is 1. The predicted molar refractivity (Wildman–Crippen MR) is 116 cm³/mol. The van der Waals surface area contributed by atoms with E-state index >= 15 is 0 Å². The normalized spacial score (nSPS) is 15.5. The number of carbonyl (C=O) groups excluding carboxylic acids is 1. The van der Waals surface area contributed by atoms with Crippen molar-refractivity contribution >= 4 is 22.4 Å². The first-order valence-electron chi connectivity index (χ1n) is 10.1. The smallest absolute Gasteiger partial charge is 0.236 e. The van der Waals surface area contributed by atoms with E-state index in [0.717, 1.165) is 0 Å². The molecule has 1 atom stereocenters. The van der Waals surface area contributed by atoms with Crippen molar-refractivity contribution in [1.29, 1.82) is 0 Å². The van der Waals surface area contributed by atoms with E-state index < -0.39 is 0 Å². The summed E-state index contributed by atoms with van der Waals surface area (Å²) in [7, 11) is 0. The third-order valence-electron chi connectivity index (χ3n) is 5.67. The van der Waals surface area contributed by atoms with Crippen molar-refractivity contribution < 1.29 is 9.18 Å². The highest BCUT2D eigenvalue weighted by atomic mass is 19.1. The number of hydrogen-bond acceptors (Lipinski definition) is 3. The average Bonchev–Trinajstić information content (AvgIpc) is 2.77. The summed E-state index contributed by atoms with van der Waals surface area (Å²) in [6, 6.07) is 21.4. The third-order valence-corrected chi connectivity index (χ3v) is 5.67. The Hall–Kier alpha value is -2.92. The highest BCUT2D eigenvalue weighted by molar-refractivity contribution is 5.86. The highest BCUT2D eigenvalue weighted by Gasteiger charge is 2.23. The molecule has 1 aliphatic rings. The maximum Gasteiger partial charge on any atom is 0.236 e. The minimum Gasteiger partial charge on any atom is -0.366 e. The second-order valence-corrected chi connectivity index (χ2v) is 7.49. The van der Waals surface area contributed by atoms with Crippen molar-refractivity contribution in [2.75, 3.05) is 37.6 Å². The molecule has 3 aromatic rings. The van der Waals surface area contributed by atoms with E-state index in [-0.39, 0.29) is 17.8 Å². The quantitative estimate of drug-likeness (QED) is 0.715. The Bertz CT molecular complexity index is 993. The zero-order chi connectivity index (χ0) is 20.2. The molecule has 150 valence electrons. The molecule has 5 heteroatoms. The van der Waals surface area contributed by atoms with Crippen molar-refractivity contribution in [3.05, 3.63) is 78.1 Å². The molecule has 1 heterocycles. The molecular weight excluding hydrogens is 365 g/mol. The number of hydrogen-bond donors (Lipinski definition) is 1. The standard InChI is InChI=1S/C24H26FN3O/c1-18(20-10-6-8-19-7-2-3-9-21(19)20)26-17-24(29)28-15-13-27(14-16-28)23-12-5-4-11-22(23)25/h2-12,18,26H,13-17H2,1H3/t18-/m0/s1. The number of nitrogens with zero attached hydrogens (tertiary/aromatic N) is 2. The summed E-state index contributed by atoms with van der Waals surface area (Å²) in [5.74, 6) is -0.122. The molecule has 4 rings (SSSR count). The van der Waals surface area contributed by atoms with Gasteiger partial charge in [-0.3, -0.25) is 4.79 Å². The van der Waals surface area contributed by atoms with E-state index in [9.17, 15) is 9.18 Å². The predicted octanol–water partition coefficient (Wildman–Crippen LogP) is 3.98. The van der Waals surface area contributed by atoms with Gasteiger partial charge in [0.25, 0.3) is 0 Å². The van der Waals surface area contributed by atoms with Gasteiger partial charge in [-0.25, -0.2) is 4.39 Å². The average molecular weight is 391 g/mol. The lowest BCUT2D eigenvalue weighted by molar-refractivity contribution is -0.130. The molecule has 3 aromatic carbocycles. The van der Waals surface area contributed by atoms with Crippen LogP contribution in [0.3, 0.4) is 0 Å². The van der Waals surface area contributed by atoms with E-state index in [4.69, 9.17) is 0 Å². The van der Waals surface area contributed by atoms with Crippen LogP contribution in [0, 0.1) is 5.82 Å². The second-order valence-electron chi connectivity index (χ2n) is 7.49. The van der Waals surface area contributed by atoms with Crippen LogP contribution in [0.15, 0.2) is 66.7 Å². The lowest BCUT2D eigenvalue weighted by atomic mass is 10.00. The Morgan fingerprint density at radius 1 is 0.966 bits per heavy atom. The van der Waals surface area contributed by atoms with Crippen molar-refractivity contribution in [3.8, 4) is 0 Å². The van der Waals surface area contributed by atoms with E-state index in [0.29, 0.717) is 38.4 Å². The van der Waals surface area contributed by atoms with Gasteiger partial charge in [-0.05, 0) is 35.4 Å². The third kappa shape index (κ3) is 4.25. The van der Waals surface area contributed by atoms with Gasteiger partial charge < -0.3 is 15.1 Å². The Morgan fingerprint density at radius 3 is 2.45 bits per heavy atom. The van der Waals surface area contributed by atoms with Gasteiger partial charge in [0.1, 0.15) is 5.82 Å². The SMILES string of the molecule is C[C@H](NCC(=O)N1CCN(c2ccccc2F)CC1)c1cccc2ccccc12. The molecule has 0 bridgehead atoms. The lowest BCUT2D eigenvalue weighted by Gasteiger charge is -2.36. The van der Waals surface area contributed by atoms with Crippen LogP contribution in [-0.2, 0) is 4.79 Å². The summed E-state index contributed by atoms with van der Waals surface area (Å²) in [6.07, 6.45) is 0. The topological polar surface area (TPSA) is 35.6 Å². The number of halogens is 1. The van der Waals surface area contributed by atoms with Gasteiger partial charge in [0.05, 0.1) is 12.2 Å². The van der Waals surface area contributed by atoms with Crippen molar-refractivity contribution in [2.24, 2.45) is 0 Å². The highest BCUT2D eigenvalue weighted by Crippen LogP contribution is 2.24. The van der Waals surface area contributed by atoms with Gasteiger partial charge in [-0.2, -0.15) is 0 Å². The lowest BCUT2D eigenvalue weighted by Crippen LogP contribution is -2.51. The van der Waals surface area contributed by atoms with Crippen LogP contribution in [-0.4, -0.2) is 43.5 Å². The van der Waals surface area contributed by atoms with Crippen LogP contribution in [0.2, 0.25) is 0 Å². The van der Waals surface area contributed by atoms with E-state index in [2.05, 4.69) is 42.6 Å². The maximum absolute atomic E-state index is 14.0. The number of fused-ring (bicyclic) bond motifs is 1. The fourth-order valence-corrected chi connectivity index (χ4v) is 4.00. The Kier molecular flexibility index (Phi) is 5.76. The van der Waals surface area contributed by atoms with Crippen molar-refractivity contribution in [1.82, 2.24) is 10.2 Å². The summed E-state index contributed by atoms with van der Waals surface area (Å²) in [4.78, 5) is 16.5. The first-order valence-corrected chi connectivity index (χ1v) is 10.1. The molecule has 0 aliphatic carbocycles. The number of carbonyl (C=O) groups is 1. The maximum atomic E-state index is 14.0. The van der Waals surface area contributed by atoms with E-state index in [1.54, 1.807) is 12.1 Å². The van der Waals surface area contributed by atoms with Crippen LogP contribution >= 0.6 is 0 Å². The molecule has 1 N–H and O–H groups in total. The zero-order valence-electron chi connectivity index (χ0n) is 16.6. The van der Waals surface area contributed by atoms with Gasteiger partial charge in [0.15, 0.2) is 0 Å². The van der Waals surface area contributed by atoms with Crippen molar-refractivity contribution in [3.63, 3.8) is 0 Å². The minimum atomic E-state index is -0.210. The Balaban J connectivity index is 1.33. The van der Waals surface area contributed by atoms with Gasteiger partial charge in [-0.1, -0.05) is 54.6 Å². The van der Waals surface area contributed by atoms with E-state index in [1.165, 1.54) is 22.4 Å². The summed E-state index contributed by atoms with van der Waals surface area (Å²) in [5, 5.41) is 5.79. The first kappa shape index (κ1) is 19.4. The molecule has 4 nitrogen and oxygen atoms in total. The molecule has 1 fully saturated rings. The number of benzene rings is 3. The van der Waals surface area contributed by atoms with Gasteiger partial charge in [0.2, 0.25) is 5.91 Å². The number of piperazine rings is 1. The summed E-state index contributed by atoms with van der Waals surface area (Å²) in [5.41, 5.74) is 1.81. The molecule has 0 radical (unpaired) electrons. The molecule has 0 saturated carbocycles. The van der Waals surface area contributed by atoms with Crippen LogP contribution in [0.4, 0.5) is 10.1 Å². The number of para-hydroxylation sites is 1. The molecule has 1 aliphatic heterocycles. The van der Waals surface area contributed by atoms with Crippen LogP contribution in [0.1, 0.15) is 18.5 Å². The summed E-state index contributed by atoms with van der Waals surface area (Å²) in [6.45, 7) is 4.89. The summed E-state index contributed by atoms with van der Waals surface area (Å²) < 4.78 is 14.0. The molecule has 1 amide bonds. The Morgan fingerprint density at radius 2 is 1.66 bits per heavy atom. The summed E-state index contributed by atoms with van der Waals surface area (Å²) >= 11 is 0. The molecular formula is C24H26FN3O. The monoisotopic (exact) mass is 391 g/mol. The zero-order valence-corrected chi connectivity index (χ0v) is 16.6. The fourth-order valence-electron chi connectivity index (χ4n) is 4.00. The Labute approximate surface area is 170 Å². The van der Waals surface area contributed by atoms with Gasteiger partial charge in [-0.15, -0.1) is 0 Å². The van der Waals surface area contributed by atoms with Crippen molar-refractivity contribution in [2.45, 2.75) is 13.0 Å². The number of nitrogens with one attached hydrogen (secondary N) is 1.